The zero-order valence-electron chi connectivity index (χ0n) is 22.9. The van der Waals surface area contributed by atoms with Crippen molar-refractivity contribution < 1.29 is 53.1 Å². The summed E-state index contributed by atoms with van der Waals surface area (Å²) in [5.74, 6) is -7.87. The number of aliphatic carboxylic acids is 1. The van der Waals surface area contributed by atoms with Crippen LogP contribution < -0.4 is 10.6 Å². The number of carboxylic acids is 1. The van der Waals surface area contributed by atoms with Gasteiger partial charge in [0.1, 0.15) is 12.2 Å². The number of carboxylic acid groups (broad SMARTS) is 1. The lowest BCUT2D eigenvalue weighted by Gasteiger charge is -2.46. The molecule has 1 aliphatic carbocycles. The van der Waals surface area contributed by atoms with E-state index in [1.807, 2.05) is 0 Å². The van der Waals surface area contributed by atoms with Crippen molar-refractivity contribution in [2.24, 2.45) is 5.92 Å². The third-order valence-electron chi connectivity index (χ3n) is 7.73. The lowest BCUT2D eigenvalue weighted by atomic mass is 9.82. The van der Waals surface area contributed by atoms with Gasteiger partial charge < -0.3 is 40.5 Å². The molecule has 1 saturated heterocycles. The van der Waals surface area contributed by atoms with Gasteiger partial charge >= 0.3 is 5.97 Å². The molecule has 0 spiro atoms. The molecule has 43 heavy (non-hydrogen) atoms. The van der Waals surface area contributed by atoms with Crippen LogP contribution in [0.5, 0.6) is 0 Å². The lowest BCUT2D eigenvalue weighted by molar-refractivity contribution is -0.314. The van der Waals surface area contributed by atoms with E-state index in [0.717, 1.165) is 31.4 Å². The molecule has 1 aliphatic heterocycles. The summed E-state index contributed by atoms with van der Waals surface area (Å²) in [6.07, 6.45) is -5.15. The van der Waals surface area contributed by atoms with Crippen molar-refractivity contribution in [1.82, 2.24) is 10.6 Å². The molecule has 0 bridgehead atoms. The molecular weight excluding hydrogens is 594 g/mol. The van der Waals surface area contributed by atoms with Gasteiger partial charge in [-0.1, -0.05) is 30.2 Å². The molecule has 14 heteroatoms. The molecule has 6 N–H and O–H groups in total. The van der Waals surface area contributed by atoms with Crippen LogP contribution in [-0.4, -0.2) is 81.0 Å². The summed E-state index contributed by atoms with van der Waals surface area (Å²) in [5, 5.41) is 48.4. The van der Waals surface area contributed by atoms with Crippen molar-refractivity contribution in [3.8, 4) is 0 Å². The second-order valence-electron chi connectivity index (χ2n) is 10.8. The molecular formula is C29H33ClF2N2O9. The van der Waals surface area contributed by atoms with E-state index in [0.29, 0.717) is 5.02 Å². The lowest BCUT2D eigenvalue weighted by Crippen LogP contribution is -2.68. The van der Waals surface area contributed by atoms with Crippen LogP contribution in [-0.2, 0) is 25.7 Å². The number of halogens is 3. The third kappa shape index (κ3) is 7.85. The minimum absolute atomic E-state index is 0.130. The Morgan fingerprint density at radius 2 is 1.81 bits per heavy atom. The van der Waals surface area contributed by atoms with E-state index in [2.05, 4.69) is 10.6 Å². The van der Waals surface area contributed by atoms with Crippen LogP contribution in [0.4, 0.5) is 8.78 Å². The summed E-state index contributed by atoms with van der Waals surface area (Å²) in [5.41, 5.74) is -0.129. The van der Waals surface area contributed by atoms with Gasteiger partial charge in [0.2, 0.25) is 5.91 Å². The van der Waals surface area contributed by atoms with Crippen LogP contribution in [0.25, 0.3) is 0 Å². The van der Waals surface area contributed by atoms with Crippen LogP contribution in [0.2, 0.25) is 5.02 Å². The van der Waals surface area contributed by atoms with Gasteiger partial charge in [0.05, 0.1) is 24.9 Å². The number of hydrogen-bond acceptors (Lipinski definition) is 8. The highest BCUT2D eigenvalue weighted by Crippen LogP contribution is 2.35. The summed E-state index contributed by atoms with van der Waals surface area (Å²) < 4.78 is 39.1. The number of aliphatic hydroxyl groups excluding tert-OH is 3. The zero-order chi connectivity index (χ0) is 31.3. The summed E-state index contributed by atoms with van der Waals surface area (Å²) >= 11 is 5.83. The Bertz CT molecular complexity index is 1310. The summed E-state index contributed by atoms with van der Waals surface area (Å²) in [4.78, 5) is 37.7. The van der Waals surface area contributed by atoms with E-state index in [1.165, 1.54) is 30.3 Å². The van der Waals surface area contributed by atoms with Crippen LogP contribution in [0.15, 0.2) is 42.5 Å². The molecule has 2 aliphatic rings. The second-order valence-corrected chi connectivity index (χ2v) is 11.2. The molecule has 2 fully saturated rings. The smallest absolute Gasteiger partial charge is 0.364 e. The Morgan fingerprint density at radius 3 is 2.44 bits per heavy atom. The van der Waals surface area contributed by atoms with Crippen LogP contribution in [0, 0.1) is 17.6 Å². The maximum atomic E-state index is 14.3. The molecule has 4 rings (SSSR count). The number of rotatable bonds is 12. The molecule has 234 valence electrons. The molecule has 2 amide bonds. The predicted molar refractivity (Wildman–Crippen MR) is 147 cm³/mol. The number of hydrogen-bond donors (Lipinski definition) is 6. The van der Waals surface area contributed by atoms with Gasteiger partial charge in [-0.15, -0.1) is 0 Å². The van der Waals surface area contributed by atoms with Crippen molar-refractivity contribution in [3.63, 3.8) is 0 Å². The van der Waals surface area contributed by atoms with Crippen molar-refractivity contribution in [2.75, 3.05) is 6.54 Å². The highest BCUT2D eigenvalue weighted by molar-refractivity contribution is 6.30. The van der Waals surface area contributed by atoms with Gasteiger partial charge in [0.25, 0.3) is 11.7 Å². The van der Waals surface area contributed by atoms with Crippen LogP contribution >= 0.6 is 11.6 Å². The maximum absolute atomic E-state index is 14.3. The number of benzene rings is 2. The number of ether oxygens (including phenoxy) is 2. The van der Waals surface area contributed by atoms with Crippen molar-refractivity contribution >= 4 is 29.4 Å². The number of carbonyl (C=O) groups is 3. The molecule has 1 heterocycles. The van der Waals surface area contributed by atoms with E-state index < -0.39 is 85.2 Å². The predicted octanol–water partition coefficient (Wildman–Crippen LogP) is 1.89. The first kappa shape index (κ1) is 32.7. The number of amides is 2. The van der Waals surface area contributed by atoms with Crippen molar-refractivity contribution in [1.29, 1.82) is 0 Å². The minimum Gasteiger partial charge on any atom is -0.477 e. The number of nitrogens with one attached hydrogen (secondary N) is 2. The first-order valence-electron chi connectivity index (χ1n) is 13.8. The van der Waals surface area contributed by atoms with E-state index in [1.54, 1.807) is 0 Å². The monoisotopic (exact) mass is 626 g/mol. The van der Waals surface area contributed by atoms with E-state index >= 15 is 0 Å². The molecule has 2 aromatic rings. The normalized spacial score (nSPS) is 25.3. The molecule has 0 aromatic heterocycles. The largest absolute Gasteiger partial charge is 0.477 e. The average Bonchev–Trinajstić information content (AvgIpc) is 2.95. The van der Waals surface area contributed by atoms with Crippen molar-refractivity contribution in [3.05, 3.63) is 70.2 Å². The Kier molecular flexibility index (Phi) is 10.7. The van der Waals surface area contributed by atoms with E-state index in [-0.39, 0.29) is 23.5 Å². The minimum atomic E-state index is -2.69. The van der Waals surface area contributed by atoms with Crippen LogP contribution in [0.3, 0.4) is 0 Å². The van der Waals surface area contributed by atoms with Gasteiger partial charge in [-0.3, -0.25) is 9.59 Å². The quantitative estimate of drug-likeness (QED) is 0.206. The van der Waals surface area contributed by atoms with E-state index in [9.17, 15) is 43.6 Å². The van der Waals surface area contributed by atoms with Gasteiger partial charge in [-0.2, -0.15) is 0 Å². The third-order valence-corrected chi connectivity index (χ3v) is 7.98. The summed E-state index contributed by atoms with van der Waals surface area (Å²) in [6.45, 7) is -1.32. The maximum Gasteiger partial charge on any atom is 0.364 e. The standard InChI is InChI=1S/C29H33ClF2N2O9/c30-18-9-7-16(8-10-18)27(39)33-13-21(36)25(38)26-24(34-22(37)11-15-3-1-4-15)20(35)12-29(43-26,28(40)41)42-14-17-5-2-6-19(31)23(17)32/h2,5-10,15,20-21,24-26,35-36,38H,1,3-4,11-14H2,(H,33,39)(H,34,37)(H,40,41)/t20-,21+,24+,25-,26+,29+/m0/s1. The summed E-state index contributed by atoms with van der Waals surface area (Å²) in [6, 6.07) is 7.67. The number of carbonyl (C=O) groups excluding carboxylic acids is 2. The van der Waals surface area contributed by atoms with Gasteiger partial charge in [0, 0.05) is 35.5 Å². The SMILES string of the molecule is O=C(CC1CCC1)N[C@H]1[C@H]([C@@H](O)[C@H](O)CNC(=O)c2ccc(Cl)cc2)O[C@@](OCc2cccc(F)c2F)(C(=O)O)C[C@@H]1O. The molecule has 2 aromatic carbocycles. The van der Waals surface area contributed by atoms with Crippen molar-refractivity contribution in [2.45, 2.75) is 75.0 Å². The fourth-order valence-corrected chi connectivity index (χ4v) is 5.14. The Balaban J connectivity index is 1.53. The van der Waals surface area contributed by atoms with Gasteiger partial charge in [-0.25, -0.2) is 13.6 Å². The van der Waals surface area contributed by atoms with Crippen LogP contribution in [0.1, 0.15) is 48.0 Å². The average molecular weight is 627 g/mol. The second kappa shape index (κ2) is 14.1. The Labute approximate surface area is 250 Å². The molecule has 11 nitrogen and oxygen atoms in total. The van der Waals surface area contributed by atoms with E-state index in [4.69, 9.17) is 21.1 Å². The highest BCUT2D eigenvalue weighted by atomic mass is 35.5. The zero-order valence-corrected chi connectivity index (χ0v) is 23.7. The first-order valence-corrected chi connectivity index (χ1v) is 14.1. The first-order chi connectivity index (χ1) is 20.4. The Morgan fingerprint density at radius 1 is 1.12 bits per heavy atom. The number of aliphatic hydroxyl groups is 3. The highest BCUT2D eigenvalue weighted by Gasteiger charge is 2.56. The topological polar surface area (TPSA) is 175 Å². The fraction of sp³-hybridized carbons (Fsp3) is 0.483. The summed E-state index contributed by atoms with van der Waals surface area (Å²) in [7, 11) is 0. The fourth-order valence-electron chi connectivity index (χ4n) is 5.01. The van der Waals surface area contributed by atoms with Gasteiger partial charge in [0.15, 0.2) is 11.6 Å². The molecule has 0 unspecified atom stereocenters. The molecule has 1 saturated carbocycles. The molecule has 6 atom stereocenters. The molecule has 0 radical (unpaired) electrons. The Hall–Kier alpha value is -3.20. The van der Waals surface area contributed by atoms with Gasteiger partial charge in [-0.05, 0) is 49.1 Å².